The summed E-state index contributed by atoms with van der Waals surface area (Å²) in [4.78, 5) is 25.0. The fraction of sp³-hybridized carbons (Fsp3) is 0.875. The van der Waals surface area contributed by atoms with E-state index in [1.807, 2.05) is 0 Å². The molecule has 1 amide bonds. The van der Waals surface area contributed by atoms with Gasteiger partial charge in [0, 0.05) is 13.0 Å². The predicted octanol–water partition coefficient (Wildman–Crippen LogP) is 3.20. The Kier molecular flexibility index (Phi) is 5.86. The zero-order chi connectivity index (χ0) is 14.4. The molecule has 20 heavy (non-hydrogen) atoms. The zero-order valence-electron chi connectivity index (χ0n) is 12.4. The van der Waals surface area contributed by atoms with Gasteiger partial charge in [-0.05, 0) is 38.0 Å². The second-order valence-electron chi connectivity index (χ2n) is 6.33. The number of nitrogens with zero attached hydrogens (tertiary/aromatic N) is 1. The summed E-state index contributed by atoms with van der Waals surface area (Å²) in [5, 5.41) is 9.19. The van der Waals surface area contributed by atoms with Gasteiger partial charge in [-0.25, -0.2) is 4.79 Å². The van der Waals surface area contributed by atoms with Crippen LogP contribution in [0.5, 0.6) is 0 Å². The van der Waals surface area contributed by atoms with Crippen molar-refractivity contribution in [3.63, 3.8) is 0 Å². The van der Waals surface area contributed by atoms with Crippen LogP contribution in [0, 0.1) is 5.92 Å². The topological polar surface area (TPSA) is 57.6 Å². The molecule has 1 saturated carbocycles. The predicted molar refractivity (Wildman–Crippen MR) is 77.4 cm³/mol. The van der Waals surface area contributed by atoms with Crippen LogP contribution in [-0.2, 0) is 9.59 Å². The van der Waals surface area contributed by atoms with Crippen LogP contribution in [0.15, 0.2) is 0 Å². The van der Waals surface area contributed by atoms with E-state index in [1.165, 1.54) is 32.1 Å². The lowest BCUT2D eigenvalue weighted by Crippen LogP contribution is -2.47. The third kappa shape index (κ3) is 4.22. The van der Waals surface area contributed by atoms with E-state index >= 15 is 0 Å². The number of carbonyl (C=O) groups is 2. The summed E-state index contributed by atoms with van der Waals surface area (Å²) in [6, 6.07) is -0.578. The number of hydrogen-bond acceptors (Lipinski definition) is 2. The molecule has 1 aliphatic carbocycles. The maximum atomic E-state index is 12.2. The largest absolute Gasteiger partial charge is 0.480 e. The molecular formula is C16H27NO3. The molecule has 0 spiro atoms. The fourth-order valence-corrected chi connectivity index (χ4v) is 3.65. The van der Waals surface area contributed by atoms with Crippen LogP contribution in [0.25, 0.3) is 0 Å². The minimum Gasteiger partial charge on any atom is -0.480 e. The summed E-state index contributed by atoms with van der Waals surface area (Å²) in [7, 11) is 0. The van der Waals surface area contributed by atoms with E-state index in [-0.39, 0.29) is 5.91 Å². The van der Waals surface area contributed by atoms with Gasteiger partial charge in [-0.1, -0.05) is 32.1 Å². The molecule has 114 valence electrons. The number of likely N-dealkylation sites (tertiary alicyclic amines) is 1. The molecule has 1 saturated heterocycles. The number of amides is 1. The molecule has 1 atom stereocenters. The fourth-order valence-electron chi connectivity index (χ4n) is 3.65. The Labute approximate surface area is 121 Å². The molecular weight excluding hydrogens is 254 g/mol. The van der Waals surface area contributed by atoms with E-state index in [0.717, 1.165) is 31.6 Å². The Morgan fingerprint density at radius 2 is 1.70 bits per heavy atom. The first-order valence-corrected chi connectivity index (χ1v) is 8.21. The monoisotopic (exact) mass is 281 g/mol. The summed E-state index contributed by atoms with van der Waals surface area (Å²) in [6.45, 7) is 0.624. The highest BCUT2D eigenvalue weighted by atomic mass is 16.4. The van der Waals surface area contributed by atoms with Crippen molar-refractivity contribution in [2.75, 3.05) is 6.54 Å². The average molecular weight is 281 g/mol. The van der Waals surface area contributed by atoms with Gasteiger partial charge in [-0.2, -0.15) is 0 Å². The van der Waals surface area contributed by atoms with E-state index < -0.39 is 12.0 Å². The summed E-state index contributed by atoms with van der Waals surface area (Å²) in [6.07, 6.45) is 11.7. The van der Waals surface area contributed by atoms with E-state index in [4.69, 9.17) is 0 Å². The van der Waals surface area contributed by atoms with Crippen LogP contribution in [0.4, 0.5) is 0 Å². The Bertz CT molecular complexity index is 337. The first-order chi connectivity index (χ1) is 9.68. The van der Waals surface area contributed by atoms with Crippen molar-refractivity contribution in [2.24, 2.45) is 5.92 Å². The molecule has 2 aliphatic rings. The minimum absolute atomic E-state index is 0.0490. The SMILES string of the molecule is O=C(O)[C@H]1CCCCN1C(=O)CCCC1CCCCC1. The third-order valence-electron chi connectivity index (χ3n) is 4.84. The maximum Gasteiger partial charge on any atom is 0.326 e. The second-order valence-corrected chi connectivity index (χ2v) is 6.33. The van der Waals surface area contributed by atoms with Crippen molar-refractivity contribution in [2.45, 2.75) is 76.7 Å². The second kappa shape index (κ2) is 7.65. The van der Waals surface area contributed by atoms with Gasteiger partial charge in [-0.3, -0.25) is 4.79 Å². The maximum absolute atomic E-state index is 12.2. The van der Waals surface area contributed by atoms with Gasteiger partial charge in [0.25, 0.3) is 0 Å². The van der Waals surface area contributed by atoms with Gasteiger partial charge in [-0.15, -0.1) is 0 Å². The number of piperidine rings is 1. The number of carbonyl (C=O) groups excluding carboxylic acids is 1. The van der Waals surface area contributed by atoms with Gasteiger partial charge >= 0.3 is 5.97 Å². The number of hydrogen-bond donors (Lipinski definition) is 1. The Hall–Kier alpha value is -1.06. The number of aliphatic carboxylic acids is 1. The van der Waals surface area contributed by atoms with Crippen molar-refractivity contribution >= 4 is 11.9 Å². The molecule has 0 radical (unpaired) electrons. The lowest BCUT2D eigenvalue weighted by Gasteiger charge is -2.33. The molecule has 0 unspecified atom stereocenters. The van der Waals surface area contributed by atoms with Crippen molar-refractivity contribution in [3.8, 4) is 0 Å². The highest BCUT2D eigenvalue weighted by Gasteiger charge is 2.31. The molecule has 4 nitrogen and oxygen atoms in total. The quantitative estimate of drug-likeness (QED) is 0.842. The van der Waals surface area contributed by atoms with E-state index in [1.54, 1.807) is 4.90 Å². The van der Waals surface area contributed by atoms with Crippen molar-refractivity contribution in [1.29, 1.82) is 0 Å². The third-order valence-corrected chi connectivity index (χ3v) is 4.84. The highest BCUT2D eigenvalue weighted by Crippen LogP contribution is 2.28. The molecule has 1 aliphatic heterocycles. The smallest absolute Gasteiger partial charge is 0.326 e. The van der Waals surface area contributed by atoms with Crippen LogP contribution in [-0.4, -0.2) is 34.5 Å². The highest BCUT2D eigenvalue weighted by molar-refractivity contribution is 5.83. The van der Waals surface area contributed by atoms with E-state index in [9.17, 15) is 14.7 Å². The van der Waals surface area contributed by atoms with Crippen LogP contribution in [0.3, 0.4) is 0 Å². The Morgan fingerprint density at radius 3 is 2.40 bits per heavy atom. The summed E-state index contributed by atoms with van der Waals surface area (Å²) in [5.74, 6) is 0.00594. The van der Waals surface area contributed by atoms with Crippen LogP contribution in [0.1, 0.15) is 70.6 Å². The van der Waals surface area contributed by atoms with Crippen molar-refractivity contribution < 1.29 is 14.7 Å². The van der Waals surface area contributed by atoms with E-state index in [2.05, 4.69) is 0 Å². The first kappa shape index (κ1) is 15.3. The van der Waals surface area contributed by atoms with Gasteiger partial charge in [0.2, 0.25) is 5.91 Å². The zero-order valence-corrected chi connectivity index (χ0v) is 12.4. The molecule has 2 fully saturated rings. The number of carboxylic acid groups (broad SMARTS) is 1. The normalized spacial score (nSPS) is 24.6. The lowest BCUT2D eigenvalue weighted by molar-refractivity contribution is -0.152. The van der Waals surface area contributed by atoms with Gasteiger partial charge in [0.1, 0.15) is 6.04 Å². The molecule has 0 aromatic rings. The van der Waals surface area contributed by atoms with Crippen LogP contribution < -0.4 is 0 Å². The van der Waals surface area contributed by atoms with Gasteiger partial charge < -0.3 is 10.0 Å². The molecule has 0 aromatic carbocycles. The number of rotatable bonds is 5. The minimum atomic E-state index is -0.842. The molecule has 0 aromatic heterocycles. The van der Waals surface area contributed by atoms with Crippen LogP contribution >= 0.6 is 0 Å². The van der Waals surface area contributed by atoms with Gasteiger partial charge in [0.15, 0.2) is 0 Å². The van der Waals surface area contributed by atoms with Crippen LogP contribution in [0.2, 0.25) is 0 Å². The van der Waals surface area contributed by atoms with Crippen molar-refractivity contribution in [1.82, 2.24) is 4.90 Å². The average Bonchev–Trinajstić information content (AvgIpc) is 2.48. The molecule has 1 N–H and O–H groups in total. The summed E-state index contributed by atoms with van der Waals surface area (Å²) >= 11 is 0. The molecule has 4 heteroatoms. The number of carboxylic acids is 1. The van der Waals surface area contributed by atoms with Gasteiger partial charge in [0.05, 0.1) is 0 Å². The first-order valence-electron chi connectivity index (χ1n) is 8.21. The van der Waals surface area contributed by atoms with Crippen molar-refractivity contribution in [3.05, 3.63) is 0 Å². The summed E-state index contributed by atoms with van der Waals surface area (Å²) < 4.78 is 0. The standard InChI is InChI=1S/C16H27NO3/c18-15(11-6-9-13-7-2-1-3-8-13)17-12-5-4-10-14(17)16(19)20/h13-14H,1-12H2,(H,19,20)/t14-/m1/s1. The summed E-state index contributed by atoms with van der Waals surface area (Å²) in [5.41, 5.74) is 0. The Morgan fingerprint density at radius 1 is 1.00 bits per heavy atom. The molecule has 0 bridgehead atoms. The molecule has 1 heterocycles. The molecule has 2 rings (SSSR count). The lowest BCUT2D eigenvalue weighted by atomic mass is 9.86. The van der Waals surface area contributed by atoms with E-state index in [0.29, 0.717) is 19.4 Å². The Balaban J connectivity index is 1.73.